The normalized spacial score (nSPS) is 15.2. The van der Waals surface area contributed by atoms with E-state index in [1.807, 2.05) is 13.8 Å². The molecule has 0 fully saturated rings. The van der Waals surface area contributed by atoms with Gasteiger partial charge in [-0.25, -0.2) is 4.79 Å². The van der Waals surface area contributed by atoms with E-state index in [1.54, 1.807) is 27.7 Å². The van der Waals surface area contributed by atoms with Gasteiger partial charge >= 0.3 is 5.97 Å². The molecule has 31 heavy (non-hydrogen) atoms. The van der Waals surface area contributed by atoms with Gasteiger partial charge in [-0.15, -0.1) is 0 Å². The van der Waals surface area contributed by atoms with Gasteiger partial charge in [0.1, 0.15) is 18.1 Å². The third kappa shape index (κ3) is 10.3. The number of carboxylic acids is 1. The summed E-state index contributed by atoms with van der Waals surface area (Å²) in [5.41, 5.74) is 11.0. The standard InChI is InChI=1S/C20H37N5O6/c1-9(2)7-13(20(30)31)24-19(29)16(11(5)6)25-17(27)12(8-14(21)26)23-18(28)15(22)10(3)4/h9-13,15-16H,7-8,22H2,1-6H3,(H2,21,26)(H,23,28)(H,24,29)(H,25,27)(H,30,31). The van der Waals surface area contributed by atoms with Crippen LogP contribution in [0.1, 0.15) is 54.4 Å². The molecule has 4 atom stereocenters. The maximum Gasteiger partial charge on any atom is 0.326 e. The van der Waals surface area contributed by atoms with E-state index in [0.29, 0.717) is 0 Å². The number of carbonyl (C=O) groups excluding carboxylic acids is 4. The van der Waals surface area contributed by atoms with Crippen LogP contribution in [0.15, 0.2) is 0 Å². The summed E-state index contributed by atoms with van der Waals surface area (Å²) in [6, 6.07) is -4.43. The second-order valence-electron chi connectivity index (χ2n) is 8.76. The number of amides is 4. The SMILES string of the molecule is CC(C)CC(NC(=O)C(NC(=O)C(CC(N)=O)NC(=O)C(N)C(C)C)C(C)C)C(=O)O. The van der Waals surface area contributed by atoms with Gasteiger partial charge < -0.3 is 32.5 Å². The van der Waals surface area contributed by atoms with E-state index >= 15 is 0 Å². The minimum absolute atomic E-state index is 0.0221. The van der Waals surface area contributed by atoms with Crippen molar-refractivity contribution in [2.75, 3.05) is 0 Å². The van der Waals surface area contributed by atoms with Gasteiger partial charge in [0, 0.05) is 0 Å². The first-order chi connectivity index (χ1) is 14.2. The predicted molar refractivity (Wildman–Crippen MR) is 114 cm³/mol. The van der Waals surface area contributed by atoms with Gasteiger partial charge in [0.25, 0.3) is 0 Å². The van der Waals surface area contributed by atoms with Gasteiger partial charge in [-0.2, -0.15) is 0 Å². The zero-order chi connectivity index (χ0) is 24.5. The molecule has 178 valence electrons. The number of hydrogen-bond acceptors (Lipinski definition) is 6. The second kappa shape index (κ2) is 12.9. The average molecular weight is 444 g/mol. The van der Waals surface area contributed by atoms with Crippen molar-refractivity contribution < 1.29 is 29.1 Å². The van der Waals surface area contributed by atoms with Crippen molar-refractivity contribution in [2.45, 2.75) is 78.6 Å². The lowest BCUT2D eigenvalue weighted by Crippen LogP contribution is -2.59. The summed E-state index contributed by atoms with van der Waals surface area (Å²) in [5.74, 6) is -4.71. The third-order valence-corrected chi connectivity index (χ3v) is 4.63. The molecule has 4 unspecified atom stereocenters. The summed E-state index contributed by atoms with van der Waals surface area (Å²) >= 11 is 0. The third-order valence-electron chi connectivity index (χ3n) is 4.63. The molecule has 0 heterocycles. The molecule has 0 aromatic rings. The molecule has 0 aromatic carbocycles. The molecule has 0 aliphatic heterocycles. The number of rotatable bonds is 13. The Balaban J connectivity index is 5.46. The van der Waals surface area contributed by atoms with Crippen LogP contribution in [0, 0.1) is 17.8 Å². The number of nitrogens with one attached hydrogen (secondary N) is 3. The van der Waals surface area contributed by atoms with Crippen molar-refractivity contribution in [2.24, 2.45) is 29.2 Å². The molecule has 4 amide bonds. The summed E-state index contributed by atoms with van der Waals surface area (Å²) in [7, 11) is 0. The van der Waals surface area contributed by atoms with Crippen molar-refractivity contribution in [3.63, 3.8) is 0 Å². The molecule has 0 rings (SSSR count). The van der Waals surface area contributed by atoms with Crippen LogP contribution in [0.2, 0.25) is 0 Å². The number of aliphatic carboxylic acids is 1. The molecule has 0 aliphatic rings. The molecule has 0 aliphatic carbocycles. The number of hydrogen-bond donors (Lipinski definition) is 6. The van der Waals surface area contributed by atoms with Crippen LogP contribution in [0.25, 0.3) is 0 Å². The Morgan fingerprint density at radius 3 is 1.68 bits per heavy atom. The molecular formula is C20H37N5O6. The van der Waals surface area contributed by atoms with Gasteiger partial charge in [0.2, 0.25) is 23.6 Å². The van der Waals surface area contributed by atoms with Crippen molar-refractivity contribution in [1.82, 2.24) is 16.0 Å². The lowest BCUT2D eigenvalue weighted by atomic mass is 9.99. The van der Waals surface area contributed by atoms with Crippen LogP contribution in [-0.2, 0) is 24.0 Å². The lowest BCUT2D eigenvalue weighted by molar-refractivity contribution is -0.143. The molecule has 0 bridgehead atoms. The largest absolute Gasteiger partial charge is 0.480 e. The van der Waals surface area contributed by atoms with E-state index in [0.717, 1.165) is 0 Å². The van der Waals surface area contributed by atoms with E-state index < -0.39 is 66.1 Å². The van der Waals surface area contributed by atoms with E-state index in [-0.39, 0.29) is 18.3 Å². The summed E-state index contributed by atoms with van der Waals surface area (Å²) in [6.07, 6.45) is -0.271. The molecule has 0 radical (unpaired) electrons. The van der Waals surface area contributed by atoms with Crippen molar-refractivity contribution >= 4 is 29.6 Å². The van der Waals surface area contributed by atoms with Gasteiger partial charge in [-0.3, -0.25) is 19.2 Å². The Bertz CT molecular complexity index is 664. The smallest absolute Gasteiger partial charge is 0.326 e. The van der Waals surface area contributed by atoms with Crippen molar-refractivity contribution in [1.29, 1.82) is 0 Å². The molecule has 11 heteroatoms. The van der Waals surface area contributed by atoms with Crippen molar-refractivity contribution in [3.05, 3.63) is 0 Å². The number of nitrogens with two attached hydrogens (primary N) is 2. The quantitative estimate of drug-likeness (QED) is 0.212. The summed E-state index contributed by atoms with van der Waals surface area (Å²) < 4.78 is 0. The Hall–Kier alpha value is -2.69. The zero-order valence-corrected chi connectivity index (χ0v) is 19.1. The van der Waals surface area contributed by atoms with Gasteiger partial charge in [0.15, 0.2) is 0 Å². The number of carboxylic acid groups (broad SMARTS) is 1. The van der Waals surface area contributed by atoms with E-state index in [1.165, 1.54) is 0 Å². The lowest BCUT2D eigenvalue weighted by Gasteiger charge is -2.27. The molecule has 11 nitrogen and oxygen atoms in total. The highest BCUT2D eigenvalue weighted by molar-refractivity contribution is 5.96. The highest BCUT2D eigenvalue weighted by atomic mass is 16.4. The highest BCUT2D eigenvalue weighted by Crippen LogP contribution is 2.09. The van der Waals surface area contributed by atoms with E-state index in [4.69, 9.17) is 11.5 Å². The fourth-order valence-electron chi connectivity index (χ4n) is 2.72. The molecule has 0 aromatic heterocycles. The minimum atomic E-state index is -1.32. The fourth-order valence-corrected chi connectivity index (χ4v) is 2.72. The van der Waals surface area contributed by atoms with E-state index in [9.17, 15) is 29.1 Å². The average Bonchev–Trinajstić information content (AvgIpc) is 2.62. The van der Waals surface area contributed by atoms with Crippen LogP contribution < -0.4 is 27.4 Å². The van der Waals surface area contributed by atoms with Gasteiger partial charge in [-0.1, -0.05) is 41.5 Å². The first-order valence-electron chi connectivity index (χ1n) is 10.3. The predicted octanol–water partition coefficient (Wildman–Crippen LogP) is -0.914. The number of carbonyl (C=O) groups is 5. The first kappa shape index (κ1) is 28.3. The Labute approximate surface area is 183 Å². The maximum absolute atomic E-state index is 12.8. The molecule has 0 saturated heterocycles. The summed E-state index contributed by atoms with van der Waals surface area (Å²) in [5, 5.41) is 16.7. The second-order valence-corrected chi connectivity index (χ2v) is 8.76. The summed E-state index contributed by atoms with van der Waals surface area (Å²) in [6.45, 7) is 10.4. The summed E-state index contributed by atoms with van der Waals surface area (Å²) in [4.78, 5) is 60.5. The van der Waals surface area contributed by atoms with Crippen molar-refractivity contribution in [3.8, 4) is 0 Å². The van der Waals surface area contributed by atoms with Crippen LogP contribution >= 0.6 is 0 Å². The zero-order valence-electron chi connectivity index (χ0n) is 19.1. The van der Waals surface area contributed by atoms with Gasteiger partial charge in [-0.05, 0) is 24.2 Å². The molecular weight excluding hydrogens is 406 g/mol. The van der Waals surface area contributed by atoms with Gasteiger partial charge in [0.05, 0.1) is 12.5 Å². The van der Waals surface area contributed by atoms with Crippen LogP contribution in [0.4, 0.5) is 0 Å². The fraction of sp³-hybridized carbons (Fsp3) is 0.750. The van der Waals surface area contributed by atoms with Crippen LogP contribution in [0.3, 0.4) is 0 Å². The minimum Gasteiger partial charge on any atom is -0.480 e. The molecule has 0 spiro atoms. The molecule has 8 N–H and O–H groups in total. The molecule has 0 saturated carbocycles. The van der Waals surface area contributed by atoms with Crippen LogP contribution in [0.5, 0.6) is 0 Å². The highest BCUT2D eigenvalue weighted by Gasteiger charge is 2.33. The maximum atomic E-state index is 12.8. The van der Waals surface area contributed by atoms with Crippen LogP contribution in [-0.4, -0.2) is 58.9 Å². The Morgan fingerprint density at radius 2 is 1.29 bits per heavy atom. The van der Waals surface area contributed by atoms with E-state index in [2.05, 4.69) is 16.0 Å². The topological polar surface area (TPSA) is 194 Å². The monoisotopic (exact) mass is 443 g/mol. The Kier molecular flexibility index (Phi) is 11.8. The number of primary amides is 1. The first-order valence-corrected chi connectivity index (χ1v) is 10.3. The Morgan fingerprint density at radius 1 is 0.774 bits per heavy atom.